The van der Waals surface area contributed by atoms with Gasteiger partial charge < -0.3 is 0 Å². The summed E-state index contributed by atoms with van der Waals surface area (Å²) in [4.78, 5) is 13.4. The summed E-state index contributed by atoms with van der Waals surface area (Å²) < 4.78 is 0. The molecule has 4 nitrogen and oxygen atoms in total. The van der Waals surface area contributed by atoms with Crippen LogP contribution >= 0.6 is 0 Å². The predicted octanol–water partition coefficient (Wildman–Crippen LogP) is 0.875. The Balaban J connectivity index is 4.14. The van der Waals surface area contributed by atoms with Crippen LogP contribution in [0.2, 0.25) is 0 Å². The van der Waals surface area contributed by atoms with Gasteiger partial charge in [-0.05, 0) is 33.7 Å². The molecule has 0 aromatic heterocycles. The Morgan fingerprint density at radius 3 is 2.36 bits per heavy atom. The van der Waals surface area contributed by atoms with E-state index in [1.54, 1.807) is 0 Å². The molecule has 0 heterocycles. The van der Waals surface area contributed by atoms with Gasteiger partial charge in [0.05, 0.1) is 0 Å². The number of hydrogen-bond acceptors (Lipinski definition) is 3. The van der Waals surface area contributed by atoms with Crippen LogP contribution in [0.15, 0.2) is 0 Å². The molecule has 0 radical (unpaired) electrons. The van der Waals surface area contributed by atoms with Crippen molar-refractivity contribution in [3.63, 3.8) is 0 Å². The van der Waals surface area contributed by atoms with Crippen molar-refractivity contribution in [1.29, 1.82) is 0 Å². The first-order valence-electron chi connectivity index (χ1n) is 5.28. The maximum atomic E-state index is 11.1. The van der Waals surface area contributed by atoms with Gasteiger partial charge in [0.2, 0.25) is 5.91 Å². The number of nitrogens with zero attached hydrogens (tertiary/aromatic N) is 1. The summed E-state index contributed by atoms with van der Waals surface area (Å²) in [7, 11) is 0. The molecule has 1 atom stereocenters. The Kier molecular flexibility index (Phi) is 6.49. The van der Waals surface area contributed by atoms with Crippen molar-refractivity contribution in [2.75, 3.05) is 6.54 Å². The minimum atomic E-state index is -0.0979. The van der Waals surface area contributed by atoms with E-state index in [4.69, 9.17) is 5.84 Å². The number of nitrogens with two attached hydrogens (primary N) is 1. The van der Waals surface area contributed by atoms with E-state index in [0.29, 0.717) is 12.5 Å². The van der Waals surface area contributed by atoms with E-state index in [0.717, 1.165) is 13.0 Å². The largest absolute Gasteiger partial charge is 0.298 e. The van der Waals surface area contributed by atoms with E-state index in [9.17, 15) is 4.79 Å². The van der Waals surface area contributed by atoms with Crippen LogP contribution < -0.4 is 11.3 Å². The van der Waals surface area contributed by atoms with Crippen molar-refractivity contribution in [2.24, 2.45) is 5.84 Å². The van der Waals surface area contributed by atoms with Crippen molar-refractivity contribution in [1.82, 2.24) is 10.3 Å². The quantitative estimate of drug-likeness (QED) is 0.381. The molecule has 1 amide bonds. The van der Waals surface area contributed by atoms with E-state index >= 15 is 0 Å². The van der Waals surface area contributed by atoms with Crippen molar-refractivity contribution >= 4 is 5.91 Å². The Bertz CT molecular complexity index is 171. The topological polar surface area (TPSA) is 58.4 Å². The second-order valence-corrected chi connectivity index (χ2v) is 3.95. The summed E-state index contributed by atoms with van der Waals surface area (Å²) in [6, 6.07) is 0.717. The Morgan fingerprint density at radius 1 is 1.43 bits per heavy atom. The Morgan fingerprint density at radius 2 is 2.00 bits per heavy atom. The van der Waals surface area contributed by atoms with Crippen LogP contribution in [0.4, 0.5) is 0 Å². The minimum absolute atomic E-state index is 0.0979. The molecule has 0 aliphatic heterocycles. The number of amides is 1. The van der Waals surface area contributed by atoms with Crippen molar-refractivity contribution in [2.45, 2.75) is 52.6 Å². The van der Waals surface area contributed by atoms with Crippen molar-refractivity contribution in [3.05, 3.63) is 0 Å². The number of nitrogens with one attached hydrogen (secondary N) is 1. The van der Waals surface area contributed by atoms with Crippen LogP contribution in [0.1, 0.15) is 40.5 Å². The number of rotatable bonds is 6. The third kappa shape index (κ3) is 4.58. The molecule has 0 spiro atoms. The van der Waals surface area contributed by atoms with Crippen LogP contribution in [0.25, 0.3) is 0 Å². The number of hydrazine groups is 1. The van der Waals surface area contributed by atoms with Gasteiger partial charge in [0.25, 0.3) is 0 Å². The molecule has 0 saturated heterocycles. The SMILES string of the molecule is CCCN(C(C)C)C(C)CC(=O)NN. The fourth-order valence-corrected chi connectivity index (χ4v) is 1.69. The van der Waals surface area contributed by atoms with Crippen molar-refractivity contribution < 1.29 is 4.79 Å². The highest BCUT2D eigenvalue weighted by atomic mass is 16.2. The number of hydrogen-bond donors (Lipinski definition) is 2. The molecule has 0 bridgehead atoms. The van der Waals surface area contributed by atoms with Gasteiger partial charge in [0, 0.05) is 18.5 Å². The van der Waals surface area contributed by atoms with Crippen LogP contribution in [0.5, 0.6) is 0 Å². The summed E-state index contributed by atoms with van der Waals surface area (Å²) in [6.07, 6.45) is 1.57. The predicted molar refractivity (Wildman–Crippen MR) is 58.5 cm³/mol. The molecule has 1 unspecified atom stereocenters. The lowest BCUT2D eigenvalue weighted by molar-refractivity contribution is -0.122. The average Bonchev–Trinajstić information content (AvgIpc) is 2.13. The lowest BCUT2D eigenvalue weighted by Gasteiger charge is -2.31. The van der Waals surface area contributed by atoms with Gasteiger partial charge in [0.1, 0.15) is 0 Å². The molecule has 14 heavy (non-hydrogen) atoms. The maximum absolute atomic E-state index is 11.1. The Hall–Kier alpha value is -0.610. The van der Waals surface area contributed by atoms with Crippen LogP contribution in [-0.4, -0.2) is 29.4 Å². The molecule has 0 aromatic rings. The fraction of sp³-hybridized carbons (Fsp3) is 0.900. The zero-order valence-electron chi connectivity index (χ0n) is 9.71. The van der Waals surface area contributed by atoms with Gasteiger partial charge >= 0.3 is 0 Å². The molecule has 84 valence electrons. The standard InChI is InChI=1S/C10H23N3O/c1-5-6-13(8(2)3)9(4)7-10(14)12-11/h8-9H,5-7,11H2,1-4H3,(H,12,14). The number of carbonyl (C=O) groups excluding carboxylic acids is 1. The second kappa shape index (κ2) is 6.79. The van der Waals surface area contributed by atoms with Crippen LogP contribution in [-0.2, 0) is 4.79 Å². The van der Waals surface area contributed by atoms with E-state index in [2.05, 4.69) is 38.0 Å². The van der Waals surface area contributed by atoms with Crippen molar-refractivity contribution in [3.8, 4) is 0 Å². The second-order valence-electron chi connectivity index (χ2n) is 3.95. The lowest BCUT2D eigenvalue weighted by Crippen LogP contribution is -2.43. The van der Waals surface area contributed by atoms with E-state index in [1.807, 2.05) is 0 Å². The summed E-state index contributed by atoms with van der Waals surface area (Å²) in [5.74, 6) is 4.95. The zero-order valence-corrected chi connectivity index (χ0v) is 9.71. The molecular formula is C10H23N3O. The summed E-state index contributed by atoms with van der Waals surface area (Å²) >= 11 is 0. The van der Waals surface area contributed by atoms with E-state index in [-0.39, 0.29) is 11.9 Å². The summed E-state index contributed by atoms with van der Waals surface area (Å²) in [6.45, 7) is 9.52. The highest BCUT2D eigenvalue weighted by molar-refractivity contribution is 5.75. The summed E-state index contributed by atoms with van der Waals surface area (Å²) in [5.41, 5.74) is 2.17. The van der Waals surface area contributed by atoms with E-state index < -0.39 is 0 Å². The smallest absolute Gasteiger partial charge is 0.235 e. The average molecular weight is 201 g/mol. The van der Waals surface area contributed by atoms with Gasteiger partial charge in [-0.2, -0.15) is 0 Å². The first-order valence-corrected chi connectivity index (χ1v) is 5.28. The highest BCUT2D eigenvalue weighted by Gasteiger charge is 2.18. The molecule has 0 fully saturated rings. The van der Waals surface area contributed by atoms with Gasteiger partial charge in [-0.1, -0.05) is 6.92 Å². The molecule has 0 rings (SSSR count). The maximum Gasteiger partial charge on any atom is 0.235 e. The first kappa shape index (κ1) is 13.4. The van der Waals surface area contributed by atoms with Crippen LogP contribution in [0.3, 0.4) is 0 Å². The van der Waals surface area contributed by atoms with Gasteiger partial charge in [-0.3, -0.25) is 15.1 Å². The fourth-order valence-electron chi connectivity index (χ4n) is 1.69. The lowest BCUT2D eigenvalue weighted by atomic mass is 10.1. The van der Waals surface area contributed by atoms with Gasteiger partial charge in [0.15, 0.2) is 0 Å². The number of carbonyl (C=O) groups is 1. The normalized spacial score (nSPS) is 13.4. The van der Waals surface area contributed by atoms with Gasteiger partial charge in [-0.25, -0.2) is 5.84 Å². The molecule has 4 heteroatoms. The molecule has 3 N–H and O–H groups in total. The third-order valence-corrected chi connectivity index (χ3v) is 2.35. The summed E-state index contributed by atoms with van der Waals surface area (Å²) in [5, 5.41) is 0. The Labute approximate surface area is 86.8 Å². The molecule has 0 aromatic carbocycles. The first-order chi connectivity index (χ1) is 6.52. The molecule has 0 saturated carbocycles. The van der Waals surface area contributed by atoms with E-state index in [1.165, 1.54) is 0 Å². The van der Waals surface area contributed by atoms with Crippen LogP contribution in [0, 0.1) is 0 Å². The highest BCUT2D eigenvalue weighted by Crippen LogP contribution is 2.09. The molecule has 0 aliphatic carbocycles. The third-order valence-electron chi connectivity index (χ3n) is 2.35. The monoisotopic (exact) mass is 201 g/mol. The molecule has 0 aliphatic rings. The molecular weight excluding hydrogens is 178 g/mol. The minimum Gasteiger partial charge on any atom is -0.298 e. The zero-order chi connectivity index (χ0) is 11.1. The van der Waals surface area contributed by atoms with Gasteiger partial charge in [-0.15, -0.1) is 0 Å².